The van der Waals surface area contributed by atoms with Gasteiger partial charge in [-0.05, 0) is 30.9 Å². The van der Waals surface area contributed by atoms with Crippen molar-refractivity contribution in [2.75, 3.05) is 0 Å². The van der Waals surface area contributed by atoms with E-state index in [2.05, 4.69) is 9.97 Å². The normalized spacial score (nSPS) is 20.9. The van der Waals surface area contributed by atoms with Crippen LogP contribution in [0.3, 0.4) is 0 Å². The van der Waals surface area contributed by atoms with E-state index in [9.17, 15) is 9.59 Å². The molecule has 0 spiro atoms. The van der Waals surface area contributed by atoms with Gasteiger partial charge in [0.25, 0.3) is 5.56 Å². The number of nitrogens with one attached hydrogen (secondary N) is 1. The fourth-order valence-electron chi connectivity index (χ4n) is 2.32. The number of nitrogens with zero attached hydrogens (tertiary/aromatic N) is 1. The molecule has 1 aliphatic carbocycles. The molecule has 1 fully saturated rings. The molecule has 1 aliphatic rings. The summed E-state index contributed by atoms with van der Waals surface area (Å²) >= 11 is 0. The number of carbonyl (C=O) groups excluding carboxylic acids is 1. The maximum absolute atomic E-state index is 12.0. The van der Waals surface area contributed by atoms with Crippen molar-refractivity contribution < 1.29 is 9.53 Å². The molecule has 0 amide bonds. The van der Waals surface area contributed by atoms with Gasteiger partial charge in [0.05, 0.1) is 16.8 Å². The van der Waals surface area contributed by atoms with Crippen molar-refractivity contribution in [2.24, 2.45) is 11.8 Å². The van der Waals surface area contributed by atoms with Crippen LogP contribution < -0.4 is 5.56 Å². The van der Waals surface area contributed by atoms with Gasteiger partial charge in [-0.25, -0.2) is 4.98 Å². The second kappa shape index (κ2) is 4.74. The first-order chi connectivity index (χ1) is 9.56. The van der Waals surface area contributed by atoms with Crippen LogP contribution in [0.2, 0.25) is 0 Å². The monoisotopic (exact) mass is 272 g/mol. The first-order valence-corrected chi connectivity index (χ1v) is 6.71. The number of rotatable bonds is 3. The number of hydrogen-bond donors (Lipinski definition) is 1. The van der Waals surface area contributed by atoms with Crippen LogP contribution in [0.5, 0.6) is 0 Å². The lowest BCUT2D eigenvalue weighted by molar-refractivity contribution is -0.147. The van der Waals surface area contributed by atoms with Crippen LogP contribution in [0.1, 0.15) is 24.7 Å². The van der Waals surface area contributed by atoms with Crippen LogP contribution in [0.15, 0.2) is 23.0 Å². The van der Waals surface area contributed by atoms with Gasteiger partial charge in [-0.2, -0.15) is 0 Å². The molecule has 5 nitrogen and oxygen atoms in total. The highest BCUT2D eigenvalue weighted by molar-refractivity contribution is 5.80. The molecule has 1 aromatic carbocycles. The Labute approximate surface area is 116 Å². The summed E-state index contributed by atoms with van der Waals surface area (Å²) < 4.78 is 5.19. The maximum Gasteiger partial charge on any atom is 0.309 e. The quantitative estimate of drug-likeness (QED) is 0.867. The van der Waals surface area contributed by atoms with Gasteiger partial charge in [-0.1, -0.05) is 19.1 Å². The molecule has 2 aromatic rings. The van der Waals surface area contributed by atoms with Crippen molar-refractivity contribution in [3.05, 3.63) is 39.9 Å². The van der Waals surface area contributed by atoms with E-state index in [1.54, 1.807) is 6.07 Å². The first-order valence-electron chi connectivity index (χ1n) is 6.71. The lowest BCUT2D eigenvalue weighted by Gasteiger charge is -2.06. The minimum Gasteiger partial charge on any atom is -0.457 e. The molecule has 0 saturated heterocycles. The maximum atomic E-state index is 12.0. The Balaban J connectivity index is 1.83. The number of esters is 1. The lowest BCUT2D eigenvalue weighted by atomic mass is 10.1. The van der Waals surface area contributed by atoms with E-state index < -0.39 is 0 Å². The molecule has 104 valence electrons. The number of fused-ring (bicyclic) bond motifs is 1. The lowest BCUT2D eigenvalue weighted by Crippen LogP contribution is -2.15. The van der Waals surface area contributed by atoms with E-state index in [0.717, 1.165) is 12.0 Å². The largest absolute Gasteiger partial charge is 0.457 e. The molecule has 1 saturated carbocycles. The van der Waals surface area contributed by atoms with Crippen molar-refractivity contribution in [1.82, 2.24) is 9.97 Å². The summed E-state index contributed by atoms with van der Waals surface area (Å²) in [6.07, 6.45) is 0.889. The van der Waals surface area contributed by atoms with Gasteiger partial charge in [0.15, 0.2) is 0 Å². The number of hydrogen-bond acceptors (Lipinski definition) is 4. The third-order valence-corrected chi connectivity index (χ3v) is 3.75. The number of ether oxygens (including phenoxy) is 1. The van der Waals surface area contributed by atoms with E-state index in [1.807, 2.05) is 26.0 Å². The molecule has 20 heavy (non-hydrogen) atoms. The Bertz CT molecular complexity index is 735. The number of aromatic nitrogens is 2. The molecule has 0 aliphatic heterocycles. The standard InChI is InChI=1S/C15H16N2O3/c1-8-4-3-5-10-13(8)16-12(17-14(10)18)7-20-15(19)11-6-9(11)2/h3-5,9,11H,6-7H2,1-2H3,(H,16,17,18)/t9-,11+/m0/s1. The second-order valence-electron chi connectivity index (χ2n) is 5.41. The predicted octanol–water partition coefficient (Wildman–Crippen LogP) is 1.93. The second-order valence-corrected chi connectivity index (χ2v) is 5.41. The number of para-hydroxylation sites is 1. The third-order valence-electron chi connectivity index (χ3n) is 3.75. The van der Waals surface area contributed by atoms with Gasteiger partial charge >= 0.3 is 5.97 Å². The van der Waals surface area contributed by atoms with Gasteiger partial charge in [0, 0.05) is 0 Å². The zero-order valence-corrected chi connectivity index (χ0v) is 11.5. The molecular weight excluding hydrogens is 256 g/mol. The summed E-state index contributed by atoms with van der Waals surface area (Å²) in [5.41, 5.74) is 1.38. The molecule has 1 heterocycles. The van der Waals surface area contributed by atoms with Crippen molar-refractivity contribution in [3.8, 4) is 0 Å². The summed E-state index contributed by atoms with van der Waals surface area (Å²) in [7, 11) is 0. The number of aromatic amines is 1. The Hall–Kier alpha value is -2.17. The fraction of sp³-hybridized carbons (Fsp3) is 0.400. The van der Waals surface area contributed by atoms with E-state index in [-0.39, 0.29) is 24.1 Å². The van der Waals surface area contributed by atoms with E-state index >= 15 is 0 Å². The molecule has 0 unspecified atom stereocenters. The molecule has 3 rings (SSSR count). The first kappa shape index (κ1) is 12.8. The minimum atomic E-state index is -0.204. The molecule has 0 radical (unpaired) electrons. The van der Waals surface area contributed by atoms with Gasteiger partial charge < -0.3 is 9.72 Å². The molecule has 2 atom stereocenters. The average Bonchev–Trinajstić information content (AvgIpc) is 3.14. The van der Waals surface area contributed by atoms with Crippen LogP contribution in [0.4, 0.5) is 0 Å². The summed E-state index contributed by atoms with van der Waals surface area (Å²) in [4.78, 5) is 30.7. The van der Waals surface area contributed by atoms with Crippen LogP contribution in [-0.2, 0) is 16.1 Å². The third kappa shape index (κ3) is 2.31. The predicted molar refractivity (Wildman–Crippen MR) is 74.2 cm³/mol. The van der Waals surface area contributed by atoms with Crippen LogP contribution in [-0.4, -0.2) is 15.9 Å². The average molecular weight is 272 g/mol. The minimum absolute atomic E-state index is 0.0154. The van der Waals surface area contributed by atoms with Crippen LogP contribution in [0, 0.1) is 18.8 Å². The topological polar surface area (TPSA) is 72.1 Å². The Morgan fingerprint density at radius 3 is 2.95 bits per heavy atom. The van der Waals surface area contributed by atoms with Gasteiger partial charge in [-0.3, -0.25) is 9.59 Å². The van der Waals surface area contributed by atoms with Crippen LogP contribution >= 0.6 is 0 Å². The highest BCUT2D eigenvalue weighted by atomic mass is 16.5. The number of benzene rings is 1. The van der Waals surface area contributed by atoms with Crippen molar-refractivity contribution >= 4 is 16.9 Å². The SMILES string of the molecule is Cc1cccc2c(=O)[nH]c(COC(=O)[C@@H]3C[C@@H]3C)nc12. The zero-order valence-electron chi connectivity index (χ0n) is 11.5. The summed E-state index contributed by atoms with van der Waals surface area (Å²) in [6, 6.07) is 5.45. The van der Waals surface area contributed by atoms with Crippen molar-refractivity contribution in [1.29, 1.82) is 0 Å². The molecule has 0 bridgehead atoms. The number of H-pyrrole nitrogens is 1. The highest BCUT2D eigenvalue weighted by Crippen LogP contribution is 2.38. The smallest absolute Gasteiger partial charge is 0.309 e. The molecule has 1 N–H and O–H groups in total. The summed E-state index contributed by atoms with van der Waals surface area (Å²) in [5, 5.41) is 0.552. The number of carbonyl (C=O) groups is 1. The van der Waals surface area contributed by atoms with Gasteiger partial charge in [0.2, 0.25) is 0 Å². The van der Waals surface area contributed by atoms with Crippen LogP contribution in [0.25, 0.3) is 10.9 Å². The van der Waals surface area contributed by atoms with Crippen molar-refractivity contribution in [2.45, 2.75) is 26.9 Å². The van der Waals surface area contributed by atoms with E-state index in [0.29, 0.717) is 22.6 Å². The fourth-order valence-corrected chi connectivity index (χ4v) is 2.32. The van der Waals surface area contributed by atoms with Gasteiger partial charge in [-0.15, -0.1) is 0 Å². The molecular formula is C15H16N2O3. The number of aryl methyl sites for hydroxylation is 1. The van der Waals surface area contributed by atoms with Crippen molar-refractivity contribution in [3.63, 3.8) is 0 Å². The highest BCUT2D eigenvalue weighted by Gasteiger charge is 2.40. The Morgan fingerprint density at radius 1 is 1.50 bits per heavy atom. The van der Waals surface area contributed by atoms with E-state index in [1.165, 1.54) is 0 Å². The Morgan fingerprint density at radius 2 is 2.25 bits per heavy atom. The van der Waals surface area contributed by atoms with E-state index in [4.69, 9.17) is 4.74 Å². The molecule has 5 heteroatoms. The zero-order chi connectivity index (χ0) is 14.3. The van der Waals surface area contributed by atoms with Gasteiger partial charge in [0.1, 0.15) is 12.4 Å². The Kier molecular flexibility index (Phi) is 3.04. The molecule has 1 aromatic heterocycles. The summed E-state index contributed by atoms with van der Waals surface area (Å²) in [6.45, 7) is 3.93. The summed E-state index contributed by atoms with van der Waals surface area (Å²) in [5.74, 6) is 0.612.